The lowest BCUT2D eigenvalue weighted by atomic mass is 10.1. The van der Waals surface area contributed by atoms with Crippen molar-refractivity contribution in [3.05, 3.63) is 35.4 Å². The highest BCUT2D eigenvalue weighted by molar-refractivity contribution is 5.85. The summed E-state index contributed by atoms with van der Waals surface area (Å²) in [6.07, 6.45) is 0. The van der Waals surface area contributed by atoms with Crippen molar-refractivity contribution in [3.63, 3.8) is 0 Å². The molecule has 1 aromatic carbocycles. The Morgan fingerprint density at radius 3 is 2.43 bits per heavy atom. The second-order valence-electron chi connectivity index (χ2n) is 2.83. The highest BCUT2D eigenvalue weighted by Crippen LogP contribution is 2.01. The molecule has 0 aliphatic heterocycles. The van der Waals surface area contributed by atoms with E-state index >= 15 is 0 Å². The van der Waals surface area contributed by atoms with Crippen molar-refractivity contribution in [2.24, 2.45) is 5.73 Å². The lowest BCUT2D eigenvalue weighted by molar-refractivity contribution is 0.244. The number of hydrogen-bond acceptors (Lipinski definition) is 2. The molecule has 0 aliphatic carbocycles. The molecule has 4 nitrogen and oxygen atoms in total. The number of aryl methyl sites for hydroxylation is 1. The summed E-state index contributed by atoms with van der Waals surface area (Å²) in [7, 11) is 0. The summed E-state index contributed by atoms with van der Waals surface area (Å²) >= 11 is 0. The molecule has 0 atom stereocenters. The Kier molecular flexibility index (Phi) is 5.67. The standard InChI is InChI=1S/C9H13N3O.ClH/c1-7-2-4-8(5-3-7)6-11-12-9(10)13;/h2-5,11H,6H2,1H3,(H3,10,12,13);1H. The highest BCUT2D eigenvalue weighted by Gasteiger charge is 1.92. The van der Waals surface area contributed by atoms with Crippen LogP contribution in [-0.2, 0) is 6.54 Å². The summed E-state index contributed by atoms with van der Waals surface area (Å²) in [6, 6.07) is 7.44. The predicted octanol–water partition coefficient (Wildman–Crippen LogP) is 1.09. The number of hydrogen-bond donors (Lipinski definition) is 3. The fourth-order valence-electron chi connectivity index (χ4n) is 0.939. The number of primary amides is 1. The Balaban J connectivity index is 0.00000169. The lowest BCUT2D eigenvalue weighted by Gasteiger charge is -2.04. The number of nitrogens with one attached hydrogen (secondary N) is 2. The van der Waals surface area contributed by atoms with E-state index in [0.29, 0.717) is 6.54 Å². The fourth-order valence-corrected chi connectivity index (χ4v) is 0.939. The lowest BCUT2D eigenvalue weighted by Crippen LogP contribution is -2.40. The van der Waals surface area contributed by atoms with E-state index in [-0.39, 0.29) is 12.4 Å². The Bertz CT molecular complexity index is 287. The van der Waals surface area contributed by atoms with E-state index in [1.165, 1.54) is 5.56 Å². The van der Waals surface area contributed by atoms with Crippen molar-refractivity contribution in [1.29, 1.82) is 0 Å². The maximum absolute atomic E-state index is 10.3. The average molecular weight is 216 g/mol. The quantitative estimate of drug-likeness (QED) is 0.661. The molecule has 14 heavy (non-hydrogen) atoms. The maximum atomic E-state index is 10.3. The van der Waals surface area contributed by atoms with Gasteiger partial charge in [-0.2, -0.15) is 0 Å². The summed E-state index contributed by atoms with van der Waals surface area (Å²) in [5, 5.41) is 0. The number of hydrazine groups is 1. The molecule has 0 bridgehead atoms. The molecule has 0 saturated heterocycles. The van der Waals surface area contributed by atoms with Crippen molar-refractivity contribution in [1.82, 2.24) is 10.9 Å². The summed E-state index contributed by atoms with van der Waals surface area (Å²) in [6.45, 7) is 2.60. The Morgan fingerprint density at radius 2 is 1.93 bits per heavy atom. The number of carbonyl (C=O) groups is 1. The molecule has 1 aromatic rings. The summed E-state index contributed by atoms with van der Waals surface area (Å²) in [5.74, 6) is 0. The summed E-state index contributed by atoms with van der Waals surface area (Å²) in [4.78, 5) is 10.3. The summed E-state index contributed by atoms with van der Waals surface area (Å²) < 4.78 is 0. The number of carbonyl (C=O) groups excluding carboxylic acids is 1. The van der Waals surface area contributed by atoms with Gasteiger partial charge in [-0.05, 0) is 12.5 Å². The van der Waals surface area contributed by atoms with Gasteiger partial charge in [-0.15, -0.1) is 12.4 Å². The van der Waals surface area contributed by atoms with Crippen molar-refractivity contribution in [2.75, 3.05) is 0 Å². The molecule has 0 aromatic heterocycles. The second-order valence-corrected chi connectivity index (χ2v) is 2.83. The monoisotopic (exact) mass is 215 g/mol. The molecule has 0 saturated carbocycles. The van der Waals surface area contributed by atoms with Gasteiger partial charge < -0.3 is 5.73 Å². The number of halogens is 1. The third kappa shape index (κ3) is 4.69. The maximum Gasteiger partial charge on any atom is 0.326 e. The molecule has 0 unspecified atom stereocenters. The van der Waals surface area contributed by atoms with Gasteiger partial charge in [-0.1, -0.05) is 29.8 Å². The first-order chi connectivity index (χ1) is 6.18. The van der Waals surface area contributed by atoms with Crippen LogP contribution in [0.2, 0.25) is 0 Å². The topological polar surface area (TPSA) is 67.2 Å². The van der Waals surface area contributed by atoms with Crippen molar-refractivity contribution in [3.8, 4) is 0 Å². The predicted molar refractivity (Wildman–Crippen MR) is 58.0 cm³/mol. The molecule has 2 amide bonds. The molecular weight excluding hydrogens is 202 g/mol. The zero-order chi connectivity index (χ0) is 9.68. The van der Waals surface area contributed by atoms with Crippen LogP contribution in [0.25, 0.3) is 0 Å². The van der Waals surface area contributed by atoms with Crippen LogP contribution in [0.5, 0.6) is 0 Å². The molecule has 5 heteroatoms. The van der Waals surface area contributed by atoms with Gasteiger partial charge in [0.1, 0.15) is 0 Å². The van der Waals surface area contributed by atoms with Crippen LogP contribution in [0.4, 0.5) is 4.79 Å². The molecule has 1 rings (SSSR count). The minimum absolute atomic E-state index is 0. The van der Waals surface area contributed by atoms with Crippen molar-refractivity contribution in [2.45, 2.75) is 13.5 Å². The van der Waals surface area contributed by atoms with E-state index in [4.69, 9.17) is 5.73 Å². The largest absolute Gasteiger partial charge is 0.351 e. The zero-order valence-electron chi connectivity index (χ0n) is 7.91. The zero-order valence-corrected chi connectivity index (χ0v) is 8.73. The molecule has 0 radical (unpaired) electrons. The van der Waals surface area contributed by atoms with Gasteiger partial charge in [0.05, 0.1) is 0 Å². The van der Waals surface area contributed by atoms with Gasteiger partial charge in [0.2, 0.25) is 0 Å². The van der Waals surface area contributed by atoms with Gasteiger partial charge in [0, 0.05) is 6.54 Å². The van der Waals surface area contributed by atoms with Crippen LogP contribution in [0, 0.1) is 6.92 Å². The first-order valence-corrected chi connectivity index (χ1v) is 4.02. The van der Waals surface area contributed by atoms with Gasteiger partial charge in [0.25, 0.3) is 0 Å². The Labute approximate surface area is 89.3 Å². The second kappa shape index (κ2) is 6.23. The fraction of sp³-hybridized carbons (Fsp3) is 0.222. The molecule has 78 valence electrons. The van der Waals surface area contributed by atoms with Gasteiger partial charge >= 0.3 is 6.03 Å². The molecule has 0 heterocycles. The molecule has 0 spiro atoms. The number of rotatable bonds is 3. The molecule has 4 N–H and O–H groups in total. The van der Waals surface area contributed by atoms with E-state index < -0.39 is 6.03 Å². The van der Waals surface area contributed by atoms with E-state index in [0.717, 1.165) is 5.56 Å². The summed E-state index contributed by atoms with van der Waals surface area (Å²) in [5.41, 5.74) is 12.2. The normalized spacial score (nSPS) is 8.93. The van der Waals surface area contributed by atoms with E-state index in [1.54, 1.807) is 0 Å². The minimum Gasteiger partial charge on any atom is -0.351 e. The Hall–Kier alpha value is -1.26. The molecule has 0 fully saturated rings. The number of nitrogens with two attached hydrogens (primary N) is 1. The number of benzene rings is 1. The Morgan fingerprint density at radius 1 is 1.36 bits per heavy atom. The van der Waals surface area contributed by atoms with Gasteiger partial charge in [-0.25, -0.2) is 10.2 Å². The SMILES string of the molecule is Cc1ccc(CNNC(N)=O)cc1.Cl. The van der Waals surface area contributed by atoms with Crippen LogP contribution >= 0.6 is 12.4 Å². The van der Waals surface area contributed by atoms with E-state index in [2.05, 4.69) is 10.9 Å². The third-order valence-corrected chi connectivity index (χ3v) is 1.62. The van der Waals surface area contributed by atoms with Crippen LogP contribution in [0.1, 0.15) is 11.1 Å². The highest BCUT2D eigenvalue weighted by atomic mass is 35.5. The first kappa shape index (κ1) is 12.7. The average Bonchev–Trinajstić information content (AvgIpc) is 2.08. The number of urea groups is 1. The third-order valence-electron chi connectivity index (χ3n) is 1.62. The van der Waals surface area contributed by atoms with Crippen LogP contribution in [-0.4, -0.2) is 6.03 Å². The van der Waals surface area contributed by atoms with Crippen molar-refractivity contribution < 1.29 is 4.79 Å². The van der Waals surface area contributed by atoms with Gasteiger partial charge in [-0.3, -0.25) is 5.43 Å². The smallest absolute Gasteiger partial charge is 0.326 e. The first-order valence-electron chi connectivity index (χ1n) is 4.02. The molecule has 0 aliphatic rings. The van der Waals surface area contributed by atoms with Crippen LogP contribution < -0.4 is 16.6 Å². The number of amides is 2. The van der Waals surface area contributed by atoms with Gasteiger partial charge in [0.15, 0.2) is 0 Å². The van der Waals surface area contributed by atoms with Crippen LogP contribution in [0.3, 0.4) is 0 Å². The van der Waals surface area contributed by atoms with E-state index in [9.17, 15) is 4.79 Å². The van der Waals surface area contributed by atoms with Crippen LogP contribution in [0.15, 0.2) is 24.3 Å². The van der Waals surface area contributed by atoms with E-state index in [1.807, 2.05) is 31.2 Å². The minimum atomic E-state index is -0.577. The van der Waals surface area contributed by atoms with Crippen molar-refractivity contribution >= 4 is 18.4 Å². The molecular formula is C9H14ClN3O.